The second-order valence-corrected chi connectivity index (χ2v) is 5.02. The van der Waals surface area contributed by atoms with E-state index in [0.29, 0.717) is 11.6 Å². The molecule has 0 saturated carbocycles. The van der Waals surface area contributed by atoms with Crippen molar-refractivity contribution in [3.8, 4) is 11.4 Å². The number of para-hydroxylation sites is 1. The lowest BCUT2D eigenvalue weighted by Gasteiger charge is -2.09. The number of nitrogens with one attached hydrogen (secondary N) is 2. The van der Waals surface area contributed by atoms with E-state index in [1.54, 1.807) is 18.3 Å². The van der Waals surface area contributed by atoms with Crippen LogP contribution < -0.4 is 5.32 Å². The Balaban J connectivity index is 1.87. The molecule has 2 aromatic carbocycles. The number of anilines is 2. The predicted molar refractivity (Wildman–Crippen MR) is 86.8 cm³/mol. The third kappa shape index (κ3) is 2.62. The molecule has 0 fully saturated rings. The van der Waals surface area contributed by atoms with Gasteiger partial charge in [0.2, 0.25) is 0 Å². The van der Waals surface area contributed by atoms with Crippen molar-refractivity contribution in [1.82, 2.24) is 20.2 Å². The molecule has 0 atom stereocenters. The molecule has 5 nitrogen and oxygen atoms in total. The number of halogens is 1. The van der Waals surface area contributed by atoms with Crippen molar-refractivity contribution in [2.45, 2.75) is 0 Å². The number of rotatable bonds is 3. The molecule has 6 heteroatoms. The zero-order chi connectivity index (χ0) is 15.6. The van der Waals surface area contributed by atoms with Crippen LogP contribution in [0.25, 0.3) is 22.3 Å². The molecular weight excluding hydrogens is 293 g/mol. The Hall–Kier alpha value is -3.28. The molecule has 0 aliphatic heterocycles. The average molecular weight is 305 g/mol. The van der Waals surface area contributed by atoms with E-state index in [9.17, 15) is 4.39 Å². The van der Waals surface area contributed by atoms with Crippen molar-refractivity contribution in [3.05, 3.63) is 66.6 Å². The van der Waals surface area contributed by atoms with Crippen molar-refractivity contribution in [2.75, 3.05) is 5.32 Å². The standard InChI is InChI=1S/C17H12FN5/c18-12-7-5-11(6-8-12)16-20-14-4-2-1-3-13(14)17(22-16)21-15-9-10-19-23-15/h1-10H,(H2,19,20,21,22,23). The van der Waals surface area contributed by atoms with E-state index in [1.807, 2.05) is 30.3 Å². The molecule has 0 bridgehead atoms. The van der Waals surface area contributed by atoms with Crippen LogP contribution >= 0.6 is 0 Å². The van der Waals surface area contributed by atoms with Crippen molar-refractivity contribution in [3.63, 3.8) is 0 Å². The molecule has 2 N–H and O–H groups in total. The summed E-state index contributed by atoms with van der Waals surface area (Å²) in [6.45, 7) is 0. The summed E-state index contributed by atoms with van der Waals surface area (Å²) >= 11 is 0. The summed E-state index contributed by atoms with van der Waals surface area (Å²) in [5.41, 5.74) is 1.56. The Morgan fingerprint density at radius 2 is 1.74 bits per heavy atom. The van der Waals surface area contributed by atoms with Crippen LogP contribution in [0.3, 0.4) is 0 Å². The van der Waals surface area contributed by atoms with Gasteiger partial charge in [0.25, 0.3) is 0 Å². The minimum absolute atomic E-state index is 0.287. The molecule has 2 heterocycles. The Morgan fingerprint density at radius 1 is 0.913 bits per heavy atom. The van der Waals surface area contributed by atoms with Gasteiger partial charge in [-0.15, -0.1) is 0 Å². The predicted octanol–water partition coefficient (Wildman–Crippen LogP) is 3.90. The van der Waals surface area contributed by atoms with Crippen LogP contribution in [-0.4, -0.2) is 20.2 Å². The van der Waals surface area contributed by atoms with Gasteiger partial charge in [0.15, 0.2) is 5.82 Å². The topological polar surface area (TPSA) is 66.5 Å². The Labute approximate surface area is 131 Å². The summed E-state index contributed by atoms with van der Waals surface area (Å²) in [6, 6.07) is 15.7. The minimum Gasteiger partial charge on any atom is -0.325 e. The van der Waals surface area contributed by atoms with Crippen molar-refractivity contribution >= 4 is 22.5 Å². The number of H-pyrrole nitrogens is 1. The van der Waals surface area contributed by atoms with E-state index < -0.39 is 0 Å². The summed E-state index contributed by atoms with van der Waals surface area (Å²) in [5, 5.41) is 10.9. The summed E-state index contributed by atoms with van der Waals surface area (Å²) in [7, 11) is 0. The first-order valence-electron chi connectivity index (χ1n) is 7.09. The van der Waals surface area contributed by atoms with E-state index in [-0.39, 0.29) is 5.82 Å². The van der Waals surface area contributed by atoms with E-state index in [4.69, 9.17) is 0 Å². The number of aromatic nitrogens is 4. The maximum atomic E-state index is 13.1. The first-order chi connectivity index (χ1) is 11.3. The van der Waals surface area contributed by atoms with E-state index in [1.165, 1.54) is 12.1 Å². The first-order valence-corrected chi connectivity index (χ1v) is 7.09. The zero-order valence-corrected chi connectivity index (χ0v) is 12.0. The number of hydrogen-bond donors (Lipinski definition) is 2. The van der Waals surface area contributed by atoms with Crippen molar-refractivity contribution in [1.29, 1.82) is 0 Å². The van der Waals surface area contributed by atoms with Gasteiger partial charge in [-0.05, 0) is 36.4 Å². The van der Waals surface area contributed by atoms with Crippen molar-refractivity contribution < 1.29 is 4.39 Å². The highest BCUT2D eigenvalue weighted by Crippen LogP contribution is 2.26. The molecule has 4 aromatic rings. The molecule has 0 aliphatic carbocycles. The summed E-state index contributed by atoms with van der Waals surface area (Å²) in [4.78, 5) is 9.15. The maximum absolute atomic E-state index is 13.1. The smallest absolute Gasteiger partial charge is 0.162 e. The van der Waals surface area contributed by atoms with E-state index in [2.05, 4.69) is 25.5 Å². The molecule has 0 saturated heterocycles. The van der Waals surface area contributed by atoms with Gasteiger partial charge in [0.05, 0.1) is 11.7 Å². The van der Waals surface area contributed by atoms with Gasteiger partial charge in [0.1, 0.15) is 17.5 Å². The summed E-state index contributed by atoms with van der Waals surface area (Å²) in [5.74, 6) is 1.65. The third-order valence-corrected chi connectivity index (χ3v) is 3.46. The lowest BCUT2D eigenvalue weighted by atomic mass is 10.2. The van der Waals surface area contributed by atoms with Crippen LogP contribution in [0.4, 0.5) is 16.0 Å². The van der Waals surface area contributed by atoms with E-state index >= 15 is 0 Å². The fraction of sp³-hybridized carbons (Fsp3) is 0. The fourth-order valence-electron chi connectivity index (χ4n) is 2.35. The Morgan fingerprint density at radius 3 is 2.52 bits per heavy atom. The Kier molecular flexibility index (Phi) is 3.20. The number of nitrogens with zero attached hydrogens (tertiary/aromatic N) is 3. The highest BCUT2D eigenvalue weighted by atomic mass is 19.1. The molecular formula is C17H12FN5. The Bertz CT molecular complexity index is 949. The summed E-state index contributed by atoms with van der Waals surface area (Å²) in [6.07, 6.45) is 1.66. The van der Waals surface area contributed by atoms with Gasteiger partial charge in [-0.2, -0.15) is 5.10 Å². The maximum Gasteiger partial charge on any atom is 0.162 e. The molecule has 4 rings (SSSR count). The SMILES string of the molecule is Fc1ccc(-c2nc(Nc3ccn[nH]3)c3ccccc3n2)cc1. The van der Waals surface area contributed by atoms with Crippen LogP contribution in [0.5, 0.6) is 0 Å². The van der Waals surface area contributed by atoms with Crippen LogP contribution in [-0.2, 0) is 0 Å². The minimum atomic E-state index is -0.287. The summed E-state index contributed by atoms with van der Waals surface area (Å²) < 4.78 is 13.1. The van der Waals surface area contributed by atoms with Crippen LogP contribution in [0.2, 0.25) is 0 Å². The lowest BCUT2D eigenvalue weighted by Crippen LogP contribution is -1.99. The van der Waals surface area contributed by atoms with Gasteiger partial charge in [-0.25, -0.2) is 14.4 Å². The number of aromatic amines is 1. The van der Waals surface area contributed by atoms with Gasteiger partial charge >= 0.3 is 0 Å². The number of benzene rings is 2. The van der Waals surface area contributed by atoms with Crippen LogP contribution in [0.15, 0.2) is 60.8 Å². The van der Waals surface area contributed by atoms with Gasteiger partial charge < -0.3 is 5.32 Å². The second kappa shape index (κ2) is 5.49. The first kappa shape index (κ1) is 13.4. The lowest BCUT2D eigenvalue weighted by molar-refractivity contribution is 0.628. The molecule has 23 heavy (non-hydrogen) atoms. The molecule has 0 amide bonds. The zero-order valence-electron chi connectivity index (χ0n) is 12.0. The third-order valence-electron chi connectivity index (χ3n) is 3.46. The van der Waals surface area contributed by atoms with Crippen LogP contribution in [0.1, 0.15) is 0 Å². The number of fused-ring (bicyclic) bond motifs is 1. The monoisotopic (exact) mass is 305 g/mol. The average Bonchev–Trinajstić information content (AvgIpc) is 3.08. The van der Waals surface area contributed by atoms with Gasteiger partial charge in [-0.3, -0.25) is 5.10 Å². The largest absolute Gasteiger partial charge is 0.325 e. The quantitative estimate of drug-likeness (QED) is 0.602. The molecule has 0 aliphatic rings. The fourth-order valence-corrected chi connectivity index (χ4v) is 2.35. The molecule has 0 unspecified atom stereocenters. The molecule has 0 spiro atoms. The molecule has 112 valence electrons. The molecule has 2 aromatic heterocycles. The highest BCUT2D eigenvalue weighted by molar-refractivity contribution is 5.91. The normalized spacial score (nSPS) is 10.8. The second-order valence-electron chi connectivity index (χ2n) is 5.02. The molecule has 0 radical (unpaired) electrons. The van der Waals surface area contributed by atoms with Gasteiger partial charge in [-0.1, -0.05) is 12.1 Å². The number of hydrogen-bond acceptors (Lipinski definition) is 4. The van der Waals surface area contributed by atoms with Crippen LogP contribution in [0, 0.1) is 5.82 Å². The van der Waals surface area contributed by atoms with E-state index in [0.717, 1.165) is 22.3 Å². The van der Waals surface area contributed by atoms with Gasteiger partial charge in [0, 0.05) is 17.0 Å². The highest BCUT2D eigenvalue weighted by Gasteiger charge is 2.10. The van der Waals surface area contributed by atoms with Crippen molar-refractivity contribution in [2.24, 2.45) is 0 Å².